The molecule has 0 amide bonds. The molecule has 0 aromatic carbocycles. The van der Waals surface area contributed by atoms with E-state index in [1.807, 2.05) is 0 Å². The lowest BCUT2D eigenvalue weighted by atomic mass is 10.0. The average molecular weight is 271 g/mol. The summed E-state index contributed by atoms with van der Waals surface area (Å²) in [7, 11) is 0. The molecule has 0 aliphatic carbocycles. The molecule has 116 valence electrons. The Balaban J connectivity index is 4.25. The van der Waals surface area contributed by atoms with Gasteiger partial charge in [-0.15, -0.1) is 0 Å². The van der Waals surface area contributed by atoms with Gasteiger partial charge in [0, 0.05) is 25.2 Å². The highest BCUT2D eigenvalue weighted by Crippen LogP contribution is 2.15. The molecular weight excluding hydrogens is 232 g/mol. The maximum Gasteiger partial charge on any atom is 0.0195 e. The molecule has 0 bridgehead atoms. The van der Waals surface area contributed by atoms with Crippen molar-refractivity contribution in [3.63, 3.8) is 0 Å². The SMILES string of the molecule is CCC(CC)N(CC(C)C)C(C)CNCCC(C)C. The summed E-state index contributed by atoms with van der Waals surface area (Å²) in [5.41, 5.74) is 0. The second-order valence-electron chi connectivity index (χ2n) is 6.80. The first kappa shape index (κ1) is 18.9. The zero-order chi connectivity index (χ0) is 14.8. The van der Waals surface area contributed by atoms with Crippen molar-refractivity contribution >= 4 is 0 Å². The molecule has 1 N–H and O–H groups in total. The molecule has 2 heteroatoms. The summed E-state index contributed by atoms with van der Waals surface area (Å²) in [6.07, 6.45) is 3.81. The minimum atomic E-state index is 0.638. The van der Waals surface area contributed by atoms with Crippen LogP contribution in [0.4, 0.5) is 0 Å². The third kappa shape index (κ3) is 8.65. The molecule has 0 saturated heterocycles. The molecule has 2 nitrogen and oxygen atoms in total. The van der Waals surface area contributed by atoms with Gasteiger partial charge in [-0.2, -0.15) is 0 Å². The topological polar surface area (TPSA) is 15.3 Å². The van der Waals surface area contributed by atoms with E-state index in [9.17, 15) is 0 Å². The van der Waals surface area contributed by atoms with Crippen molar-refractivity contribution in [2.45, 2.75) is 79.8 Å². The predicted octanol–water partition coefficient (Wildman–Crippen LogP) is 4.16. The Morgan fingerprint density at radius 1 is 0.895 bits per heavy atom. The number of hydrogen-bond donors (Lipinski definition) is 1. The van der Waals surface area contributed by atoms with Gasteiger partial charge in [0.2, 0.25) is 0 Å². The quantitative estimate of drug-likeness (QED) is 0.567. The van der Waals surface area contributed by atoms with E-state index in [4.69, 9.17) is 0 Å². The van der Waals surface area contributed by atoms with Gasteiger partial charge in [-0.25, -0.2) is 0 Å². The Kier molecular flexibility index (Phi) is 10.6. The van der Waals surface area contributed by atoms with Crippen LogP contribution in [0.5, 0.6) is 0 Å². The molecule has 0 radical (unpaired) electrons. The van der Waals surface area contributed by atoms with Crippen molar-refractivity contribution in [2.75, 3.05) is 19.6 Å². The van der Waals surface area contributed by atoms with Gasteiger partial charge in [0.15, 0.2) is 0 Å². The molecule has 19 heavy (non-hydrogen) atoms. The van der Waals surface area contributed by atoms with Gasteiger partial charge in [-0.3, -0.25) is 4.90 Å². The van der Waals surface area contributed by atoms with E-state index in [2.05, 4.69) is 58.7 Å². The maximum atomic E-state index is 3.63. The first-order chi connectivity index (χ1) is 8.92. The second kappa shape index (κ2) is 10.7. The summed E-state index contributed by atoms with van der Waals surface area (Å²) in [5, 5.41) is 3.63. The molecule has 0 fully saturated rings. The van der Waals surface area contributed by atoms with Crippen LogP contribution >= 0.6 is 0 Å². The summed E-state index contributed by atoms with van der Waals surface area (Å²) in [6.45, 7) is 19.8. The highest BCUT2D eigenvalue weighted by atomic mass is 15.2. The minimum absolute atomic E-state index is 0.638. The van der Waals surface area contributed by atoms with Gasteiger partial charge in [0.05, 0.1) is 0 Å². The smallest absolute Gasteiger partial charge is 0.0195 e. The lowest BCUT2D eigenvalue weighted by Crippen LogP contribution is -2.47. The standard InChI is InChI=1S/C17H38N2/c1-8-17(9-2)19(13-15(5)6)16(7)12-18-11-10-14(3)4/h14-18H,8-13H2,1-7H3. The summed E-state index contributed by atoms with van der Waals surface area (Å²) in [4.78, 5) is 2.72. The lowest BCUT2D eigenvalue weighted by Gasteiger charge is -2.37. The first-order valence-electron chi connectivity index (χ1n) is 8.38. The van der Waals surface area contributed by atoms with Crippen molar-refractivity contribution in [1.29, 1.82) is 0 Å². The van der Waals surface area contributed by atoms with Gasteiger partial charge < -0.3 is 5.32 Å². The molecule has 0 aromatic rings. The highest BCUT2D eigenvalue weighted by molar-refractivity contribution is 4.77. The Hall–Kier alpha value is -0.0800. The number of nitrogens with one attached hydrogen (secondary N) is 1. The van der Waals surface area contributed by atoms with Crippen LogP contribution in [0.3, 0.4) is 0 Å². The molecule has 0 spiro atoms. The lowest BCUT2D eigenvalue weighted by molar-refractivity contribution is 0.116. The van der Waals surface area contributed by atoms with Gasteiger partial charge in [-0.1, -0.05) is 41.5 Å². The van der Waals surface area contributed by atoms with Crippen molar-refractivity contribution in [3.05, 3.63) is 0 Å². The fourth-order valence-corrected chi connectivity index (χ4v) is 2.69. The molecule has 1 atom stereocenters. The molecule has 0 heterocycles. The molecule has 0 rings (SSSR count). The van der Waals surface area contributed by atoms with E-state index < -0.39 is 0 Å². The van der Waals surface area contributed by atoms with E-state index in [0.717, 1.165) is 31.0 Å². The van der Waals surface area contributed by atoms with Crippen molar-refractivity contribution < 1.29 is 0 Å². The van der Waals surface area contributed by atoms with Gasteiger partial charge in [0.1, 0.15) is 0 Å². The van der Waals surface area contributed by atoms with Crippen LogP contribution in [0.2, 0.25) is 0 Å². The predicted molar refractivity (Wildman–Crippen MR) is 87.7 cm³/mol. The van der Waals surface area contributed by atoms with Crippen LogP contribution in [0, 0.1) is 11.8 Å². The van der Waals surface area contributed by atoms with Crippen LogP contribution in [0.15, 0.2) is 0 Å². The summed E-state index contributed by atoms with van der Waals surface area (Å²) >= 11 is 0. The number of rotatable bonds is 11. The Labute approximate surface area is 122 Å². The van der Waals surface area contributed by atoms with Gasteiger partial charge in [-0.05, 0) is 44.6 Å². The zero-order valence-electron chi connectivity index (χ0n) is 14.5. The van der Waals surface area contributed by atoms with E-state index in [-0.39, 0.29) is 0 Å². The largest absolute Gasteiger partial charge is 0.315 e. The van der Waals surface area contributed by atoms with Crippen molar-refractivity contribution in [3.8, 4) is 0 Å². The monoisotopic (exact) mass is 270 g/mol. The average Bonchev–Trinajstić information content (AvgIpc) is 2.34. The molecule has 1 unspecified atom stereocenters. The van der Waals surface area contributed by atoms with Gasteiger partial charge in [0.25, 0.3) is 0 Å². The first-order valence-corrected chi connectivity index (χ1v) is 8.38. The summed E-state index contributed by atoms with van der Waals surface area (Å²) in [5.74, 6) is 1.55. The molecule has 0 aliphatic heterocycles. The van der Waals surface area contributed by atoms with Crippen LogP contribution in [-0.4, -0.2) is 36.6 Å². The normalized spacial score (nSPS) is 14.1. The zero-order valence-corrected chi connectivity index (χ0v) is 14.5. The third-order valence-corrected chi connectivity index (χ3v) is 3.89. The minimum Gasteiger partial charge on any atom is -0.315 e. The van der Waals surface area contributed by atoms with E-state index in [0.29, 0.717) is 6.04 Å². The van der Waals surface area contributed by atoms with E-state index in [1.165, 1.54) is 25.8 Å². The Morgan fingerprint density at radius 3 is 1.89 bits per heavy atom. The molecule has 0 saturated carbocycles. The maximum absolute atomic E-state index is 3.63. The summed E-state index contributed by atoms with van der Waals surface area (Å²) < 4.78 is 0. The van der Waals surface area contributed by atoms with E-state index >= 15 is 0 Å². The van der Waals surface area contributed by atoms with Crippen LogP contribution in [0.25, 0.3) is 0 Å². The summed E-state index contributed by atoms with van der Waals surface area (Å²) in [6, 6.07) is 1.38. The Bertz CT molecular complexity index is 197. The van der Waals surface area contributed by atoms with Crippen molar-refractivity contribution in [1.82, 2.24) is 10.2 Å². The van der Waals surface area contributed by atoms with E-state index in [1.54, 1.807) is 0 Å². The fraction of sp³-hybridized carbons (Fsp3) is 1.00. The van der Waals surface area contributed by atoms with Crippen LogP contribution < -0.4 is 5.32 Å². The number of nitrogens with zero attached hydrogens (tertiary/aromatic N) is 1. The fourth-order valence-electron chi connectivity index (χ4n) is 2.69. The molecular formula is C17H38N2. The number of hydrogen-bond acceptors (Lipinski definition) is 2. The molecule has 0 aliphatic rings. The molecule has 0 aromatic heterocycles. The highest BCUT2D eigenvalue weighted by Gasteiger charge is 2.21. The van der Waals surface area contributed by atoms with Crippen LogP contribution in [-0.2, 0) is 0 Å². The van der Waals surface area contributed by atoms with Crippen molar-refractivity contribution in [2.24, 2.45) is 11.8 Å². The Morgan fingerprint density at radius 2 is 1.47 bits per heavy atom. The second-order valence-corrected chi connectivity index (χ2v) is 6.80. The van der Waals surface area contributed by atoms with Crippen LogP contribution in [0.1, 0.15) is 67.7 Å². The van der Waals surface area contributed by atoms with Gasteiger partial charge >= 0.3 is 0 Å². The third-order valence-electron chi connectivity index (χ3n) is 3.89.